The first-order valence-corrected chi connectivity index (χ1v) is 29.7. The SMILES string of the molecule is CC(Cc1ccc(OCC2CO2)cc1)c1ccc(C(C)(c2ccc(OCC(O)COc3ccc(C(C)(c4ccc(OCC5CO5)cc4)c4ccc(C(C)Cc5ccc(OCC6CO6)cc5)cc4)cc3)cc2)c2ccc(OCC3CO3)cc2)cc1. The molecule has 4 aliphatic heterocycles. The molecular formula is C73H76O11. The van der Waals surface area contributed by atoms with E-state index in [0.717, 1.165) is 95.6 Å². The lowest BCUT2D eigenvalue weighted by molar-refractivity contribution is 0.0626. The van der Waals surface area contributed by atoms with E-state index in [4.69, 9.17) is 47.4 Å². The average Bonchev–Trinajstić information content (AvgIpc) is 4.39. The minimum Gasteiger partial charge on any atom is -0.491 e. The minimum atomic E-state index is -0.872. The summed E-state index contributed by atoms with van der Waals surface area (Å²) >= 11 is 0. The Morgan fingerprint density at radius 2 is 0.560 bits per heavy atom. The lowest BCUT2D eigenvalue weighted by Gasteiger charge is -2.32. The van der Waals surface area contributed by atoms with E-state index in [-0.39, 0.29) is 37.6 Å². The van der Waals surface area contributed by atoms with Gasteiger partial charge in [-0.2, -0.15) is 0 Å². The van der Waals surface area contributed by atoms with Gasteiger partial charge in [-0.25, -0.2) is 0 Å². The van der Waals surface area contributed by atoms with E-state index in [1.165, 1.54) is 22.3 Å². The lowest BCUT2D eigenvalue weighted by Crippen LogP contribution is -2.26. The predicted octanol–water partition coefficient (Wildman–Crippen LogP) is 13.0. The van der Waals surface area contributed by atoms with E-state index in [1.807, 2.05) is 48.5 Å². The van der Waals surface area contributed by atoms with Gasteiger partial charge in [0.1, 0.15) is 105 Å². The highest BCUT2D eigenvalue weighted by Crippen LogP contribution is 2.43. The molecule has 12 rings (SSSR count). The molecule has 0 aromatic heterocycles. The van der Waals surface area contributed by atoms with Gasteiger partial charge in [0.15, 0.2) is 0 Å². The average molecular weight is 1130 g/mol. The van der Waals surface area contributed by atoms with Crippen LogP contribution >= 0.6 is 0 Å². The first-order valence-electron chi connectivity index (χ1n) is 29.7. The third-order valence-electron chi connectivity index (χ3n) is 17.0. The highest BCUT2D eigenvalue weighted by molar-refractivity contribution is 5.54. The molecule has 4 fully saturated rings. The van der Waals surface area contributed by atoms with Crippen LogP contribution in [-0.2, 0) is 42.6 Å². The largest absolute Gasteiger partial charge is 0.491 e. The van der Waals surface area contributed by atoms with Crippen LogP contribution in [0.15, 0.2) is 194 Å². The van der Waals surface area contributed by atoms with Crippen LogP contribution in [0, 0.1) is 0 Å². The topological polar surface area (TPSA) is 126 Å². The van der Waals surface area contributed by atoms with Crippen molar-refractivity contribution in [1.82, 2.24) is 0 Å². The molecule has 0 saturated carbocycles. The standard InChI is InChI=1S/C73H76O11/c1-49(37-51-5-25-62(26-6-51)77-41-68-45-81-68)53-9-13-55(14-10-53)72(3,59-21-33-66(34-22-59)79-43-70-47-83-70)57-17-29-64(30-18-57)75-39-61(74)40-76-65-31-19-58(20-32-65)73(4,60-23-35-67(36-24-60)80-44-71-48-84-71)56-15-11-54(12-16-56)50(2)38-52-7-27-63(28-8-52)78-42-69-46-82-69/h5-36,49-50,61,68-71,74H,37-48H2,1-4H3. The Balaban J connectivity index is 0.686. The second-order valence-electron chi connectivity index (χ2n) is 23.4. The van der Waals surface area contributed by atoms with Crippen molar-refractivity contribution in [2.24, 2.45) is 0 Å². The fourth-order valence-electron chi connectivity index (χ4n) is 11.1. The second kappa shape index (κ2) is 25.7. The molecular weight excluding hydrogens is 1050 g/mol. The maximum absolute atomic E-state index is 11.2. The highest BCUT2D eigenvalue weighted by atomic mass is 16.6. The molecule has 4 aliphatic rings. The van der Waals surface area contributed by atoms with Gasteiger partial charge in [0.2, 0.25) is 0 Å². The van der Waals surface area contributed by atoms with Gasteiger partial charge in [-0.3, -0.25) is 0 Å². The molecule has 8 aromatic carbocycles. The first kappa shape index (κ1) is 56.8. The van der Waals surface area contributed by atoms with Crippen molar-refractivity contribution in [3.05, 3.63) is 250 Å². The molecule has 1 N–H and O–H groups in total. The molecule has 0 bridgehead atoms. The Hall–Kier alpha value is -7.64. The van der Waals surface area contributed by atoms with Gasteiger partial charge < -0.3 is 52.5 Å². The fraction of sp³-hybridized carbons (Fsp3) is 0.342. The Labute approximate surface area is 494 Å². The third kappa shape index (κ3) is 14.5. The summed E-state index contributed by atoms with van der Waals surface area (Å²) in [4.78, 5) is 0. The van der Waals surface area contributed by atoms with Gasteiger partial charge in [0, 0.05) is 10.8 Å². The van der Waals surface area contributed by atoms with E-state index in [9.17, 15) is 5.11 Å². The Morgan fingerprint density at radius 3 is 0.798 bits per heavy atom. The number of aliphatic hydroxyl groups excluding tert-OH is 1. The van der Waals surface area contributed by atoms with Crippen LogP contribution in [0.25, 0.3) is 0 Å². The Kier molecular flexibility index (Phi) is 17.4. The van der Waals surface area contributed by atoms with Crippen LogP contribution in [0.4, 0.5) is 0 Å². The van der Waals surface area contributed by atoms with Gasteiger partial charge >= 0.3 is 0 Å². The summed E-state index contributed by atoms with van der Waals surface area (Å²) in [7, 11) is 0. The molecule has 11 nitrogen and oxygen atoms in total. The van der Waals surface area contributed by atoms with Crippen molar-refractivity contribution in [1.29, 1.82) is 0 Å². The van der Waals surface area contributed by atoms with Crippen molar-refractivity contribution in [3.8, 4) is 34.5 Å². The van der Waals surface area contributed by atoms with E-state index < -0.39 is 16.9 Å². The molecule has 8 atom stereocenters. The first-order chi connectivity index (χ1) is 41.0. The van der Waals surface area contributed by atoms with Crippen LogP contribution in [0.2, 0.25) is 0 Å². The summed E-state index contributed by atoms with van der Waals surface area (Å²) in [5, 5.41) is 11.2. The van der Waals surface area contributed by atoms with Crippen LogP contribution in [-0.4, -0.2) is 102 Å². The molecule has 0 aliphatic carbocycles. The number of epoxide rings is 4. The van der Waals surface area contributed by atoms with Gasteiger partial charge in [-0.15, -0.1) is 0 Å². The molecule has 434 valence electrons. The number of ether oxygens (including phenoxy) is 10. The number of hydrogen-bond donors (Lipinski definition) is 1. The van der Waals surface area contributed by atoms with Crippen molar-refractivity contribution in [2.75, 3.05) is 66.1 Å². The fourth-order valence-corrected chi connectivity index (χ4v) is 11.1. The van der Waals surface area contributed by atoms with Gasteiger partial charge in [0.05, 0.1) is 26.4 Å². The molecule has 8 unspecified atom stereocenters. The lowest BCUT2D eigenvalue weighted by atomic mass is 9.71. The molecule has 11 heteroatoms. The third-order valence-corrected chi connectivity index (χ3v) is 17.0. The van der Waals surface area contributed by atoms with Crippen molar-refractivity contribution >= 4 is 0 Å². The zero-order valence-electron chi connectivity index (χ0n) is 48.5. The molecule has 0 spiro atoms. The van der Waals surface area contributed by atoms with Gasteiger partial charge in [-0.05, 0) is 167 Å². The number of aliphatic hydroxyl groups is 1. The summed E-state index contributed by atoms with van der Waals surface area (Å²) in [5.74, 6) is 5.32. The Morgan fingerprint density at radius 1 is 0.345 bits per heavy atom. The predicted molar refractivity (Wildman–Crippen MR) is 325 cm³/mol. The van der Waals surface area contributed by atoms with Crippen LogP contribution in [0.3, 0.4) is 0 Å². The van der Waals surface area contributed by atoms with Crippen molar-refractivity contribution in [3.63, 3.8) is 0 Å². The van der Waals surface area contributed by atoms with Crippen LogP contribution < -0.4 is 28.4 Å². The highest BCUT2D eigenvalue weighted by Gasteiger charge is 2.34. The zero-order valence-corrected chi connectivity index (χ0v) is 48.5. The minimum absolute atomic E-state index is 0.0628. The van der Waals surface area contributed by atoms with E-state index in [1.54, 1.807) is 0 Å². The summed E-state index contributed by atoms with van der Waals surface area (Å²) in [5.41, 5.74) is 10.9. The number of hydrogen-bond acceptors (Lipinski definition) is 11. The second-order valence-corrected chi connectivity index (χ2v) is 23.4. The quantitative estimate of drug-likeness (QED) is 0.0342. The summed E-state index contributed by atoms with van der Waals surface area (Å²) in [6.07, 6.45) is 1.78. The van der Waals surface area contributed by atoms with Crippen molar-refractivity contribution in [2.45, 2.75) is 93.7 Å². The summed E-state index contributed by atoms with van der Waals surface area (Å²) in [6, 6.07) is 68.2. The van der Waals surface area contributed by atoms with E-state index in [2.05, 4.69) is 173 Å². The normalized spacial score (nSPS) is 20.0. The van der Waals surface area contributed by atoms with E-state index >= 15 is 0 Å². The molecule has 0 radical (unpaired) electrons. The van der Waals surface area contributed by atoms with Crippen LogP contribution in [0.5, 0.6) is 34.5 Å². The Bertz CT molecular complexity index is 3130. The molecule has 4 saturated heterocycles. The molecule has 4 heterocycles. The summed E-state index contributed by atoms with van der Waals surface area (Å²) < 4.78 is 57.6. The summed E-state index contributed by atoms with van der Waals surface area (Å²) in [6.45, 7) is 14.6. The maximum atomic E-state index is 11.2. The van der Waals surface area contributed by atoms with E-state index in [0.29, 0.717) is 49.8 Å². The monoisotopic (exact) mass is 1130 g/mol. The smallest absolute Gasteiger partial charge is 0.122 e. The molecule has 0 amide bonds. The van der Waals surface area contributed by atoms with Crippen molar-refractivity contribution < 1.29 is 52.5 Å². The number of rotatable bonds is 30. The van der Waals surface area contributed by atoms with Gasteiger partial charge in [0.25, 0.3) is 0 Å². The molecule has 84 heavy (non-hydrogen) atoms. The zero-order chi connectivity index (χ0) is 57.5. The number of benzene rings is 8. The van der Waals surface area contributed by atoms with Gasteiger partial charge in [-0.1, -0.05) is 135 Å². The maximum Gasteiger partial charge on any atom is 0.122 e. The van der Waals surface area contributed by atoms with Crippen LogP contribution in [0.1, 0.15) is 95.2 Å². The molecule has 8 aromatic rings.